The fraction of sp³-hybridized carbons (Fsp3) is 0.933. The molecule has 96 valence electrons. The molecule has 2 bridgehead atoms. The van der Waals surface area contributed by atoms with Gasteiger partial charge in [-0.05, 0) is 46.0 Å². The molecule has 2 nitrogen and oxygen atoms in total. The highest BCUT2D eigenvalue weighted by molar-refractivity contribution is 5.88. The van der Waals surface area contributed by atoms with Crippen molar-refractivity contribution < 1.29 is 9.53 Å². The Labute approximate surface area is 104 Å². The van der Waals surface area contributed by atoms with Crippen molar-refractivity contribution in [3.8, 4) is 0 Å². The maximum atomic E-state index is 12.9. The van der Waals surface area contributed by atoms with Gasteiger partial charge in [-0.25, -0.2) is 0 Å². The lowest BCUT2D eigenvalue weighted by Gasteiger charge is -2.31. The number of carbonyl (C=O) groups is 1. The first kappa shape index (κ1) is 11.7. The number of fused-ring (bicyclic) bond motifs is 1. The van der Waals surface area contributed by atoms with Crippen LogP contribution in [0.25, 0.3) is 0 Å². The Bertz CT molecular complexity index is 334. The van der Waals surface area contributed by atoms with Crippen molar-refractivity contribution in [1.29, 1.82) is 0 Å². The van der Waals surface area contributed by atoms with Gasteiger partial charge < -0.3 is 4.74 Å². The summed E-state index contributed by atoms with van der Waals surface area (Å²) in [6, 6.07) is 0. The molecule has 2 saturated carbocycles. The highest BCUT2D eigenvalue weighted by atomic mass is 16.5. The van der Waals surface area contributed by atoms with Crippen LogP contribution in [0.4, 0.5) is 0 Å². The normalized spacial score (nSPS) is 44.9. The standard InChI is InChI=1S/C15H24O2/c1-14(2)10-15-9-4-3-6-11(13(15)16)7-5-8-12(15)17-14/h11-12H,3-10H2,1-2H3/t11-,12-,15-/m1/s1. The first-order valence-corrected chi connectivity index (χ1v) is 7.26. The van der Waals surface area contributed by atoms with E-state index in [1.165, 1.54) is 19.3 Å². The van der Waals surface area contributed by atoms with Gasteiger partial charge in [0.15, 0.2) is 0 Å². The molecule has 3 aliphatic rings. The second-order valence-electron chi connectivity index (χ2n) is 6.94. The number of carbonyl (C=O) groups excluding carboxylic acids is 1. The van der Waals surface area contributed by atoms with Gasteiger partial charge in [-0.2, -0.15) is 0 Å². The zero-order valence-corrected chi connectivity index (χ0v) is 11.1. The SMILES string of the molecule is CC1(C)C[C@]23CCCC[C@H](CCC[C@H]2O1)C3=O. The fourth-order valence-electron chi connectivity index (χ4n) is 4.56. The topological polar surface area (TPSA) is 26.3 Å². The minimum absolute atomic E-state index is 0.0907. The van der Waals surface area contributed by atoms with E-state index in [1.807, 2.05) is 0 Å². The lowest BCUT2D eigenvalue weighted by atomic mass is 9.69. The van der Waals surface area contributed by atoms with Crippen LogP contribution in [0.1, 0.15) is 65.2 Å². The first-order valence-electron chi connectivity index (χ1n) is 7.26. The summed E-state index contributed by atoms with van der Waals surface area (Å²) in [6.45, 7) is 4.31. The number of hydrogen-bond donors (Lipinski definition) is 0. The highest BCUT2D eigenvalue weighted by Gasteiger charge is 2.58. The summed E-state index contributed by atoms with van der Waals surface area (Å²) >= 11 is 0. The molecule has 0 radical (unpaired) electrons. The monoisotopic (exact) mass is 236 g/mol. The Morgan fingerprint density at radius 2 is 1.88 bits per heavy atom. The second kappa shape index (κ2) is 3.81. The average Bonchev–Trinajstić information content (AvgIpc) is 2.35. The van der Waals surface area contributed by atoms with E-state index in [-0.39, 0.29) is 17.1 Å². The molecule has 1 aliphatic heterocycles. The number of rotatable bonds is 0. The van der Waals surface area contributed by atoms with Gasteiger partial charge in [0.25, 0.3) is 0 Å². The quantitative estimate of drug-likeness (QED) is 0.643. The third kappa shape index (κ3) is 1.76. The van der Waals surface area contributed by atoms with E-state index in [0.29, 0.717) is 11.7 Å². The fourth-order valence-corrected chi connectivity index (χ4v) is 4.56. The van der Waals surface area contributed by atoms with E-state index in [0.717, 1.165) is 32.1 Å². The van der Waals surface area contributed by atoms with Gasteiger partial charge in [0.05, 0.1) is 17.1 Å². The molecule has 2 aliphatic carbocycles. The Hall–Kier alpha value is -0.370. The summed E-state index contributed by atoms with van der Waals surface area (Å²) in [5.74, 6) is 0.906. The Morgan fingerprint density at radius 3 is 2.71 bits per heavy atom. The molecule has 3 rings (SSSR count). The van der Waals surface area contributed by atoms with Crippen molar-refractivity contribution in [2.45, 2.75) is 76.9 Å². The first-order chi connectivity index (χ1) is 8.04. The third-order valence-electron chi connectivity index (χ3n) is 5.12. The lowest BCUT2D eigenvalue weighted by molar-refractivity contribution is -0.135. The molecule has 0 aromatic rings. The number of Topliss-reactive ketones (excluding diaryl/α,β-unsaturated/α-hetero) is 1. The van der Waals surface area contributed by atoms with Crippen LogP contribution in [0.3, 0.4) is 0 Å². The molecule has 0 aromatic heterocycles. The summed E-state index contributed by atoms with van der Waals surface area (Å²) in [6.07, 6.45) is 9.24. The molecule has 1 spiro atoms. The minimum atomic E-state index is -0.110. The number of ketones is 1. The van der Waals surface area contributed by atoms with Crippen LogP contribution < -0.4 is 0 Å². The van der Waals surface area contributed by atoms with Gasteiger partial charge in [-0.3, -0.25) is 4.79 Å². The lowest BCUT2D eigenvalue weighted by Crippen LogP contribution is -2.39. The predicted octanol–water partition coefficient (Wildman–Crippen LogP) is 3.48. The largest absolute Gasteiger partial charge is 0.371 e. The molecule has 3 atom stereocenters. The Balaban J connectivity index is 2.01. The molecule has 0 N–H and O–H groups in total. The molecule has 0 aromatic carbocycles. The van der Waals surface area contributed by atoms with Gasteiger partial charge >= 0.3 is 0 Å². The third-order valence-corrected chi connectivity index (χ3v) is 5.12. The van der Waals surface area contributed by atoms with Gasteiger partial charge in [0, 0.05) is 5.92 Å². The molecule has 3 fully saturated rings. The summed E-state index contributed by atoms with van der Waals surface area (Å²) in [5.41, 5.74) is -0.201. The second-order valence-corrected chi connectivity index (χ2v) is 6.94. The summed E-state index contributed by atoms with van der Waals surface area (Å²) in [4.78, 5) is 12.9. The maximum absolute atomic E-state index is 12.9. The van der Waals surface area contributed by atoms with Gasteiger partial charge in [-0.15, -0.1) is 0 Å². The van der Waals surface area contributed by atoms with Crippen LogP contribution in [0.2, 0.25) is 0 Å². The van der Waals surface area contributed by atoms with E-state index >= 15 is 0 Å². The van der Waals surface area contributed by atoms with Crippen LogP contribution in [0, 0.1) is 11.3 Å². The highest BCUT2D eigenvalue weighted by Crippen LogP contribution is 2.54. The average molecular weight is 236 g/mol. The Morgan fingerprint density at radius 1 is 1.12 bits per heavy atom. The zero-order valence-electron chi connectivity index (χ0n) is 11.1. The summed E-state index contributed by atoms with van der Waals surface area (Å²) < 4.78 is 6.21. The Kier molecular flexibility index (Phi) is 2.62. The predicted molar refractivity (Wildman–Crippen MR) is 66.8 cm³/mol. The van der Waals surface area contributed by atoms with E-state index in [2.05, 4.69) is 13.8 Å². The summed E-state index contributed by atoms with van der Waals surface area (Å²) in [7, 11) is 0. The minimum Gasteiger partial charge on any atom is -0.371 e. The molecular formula is C15H24O2. The van der Waals surface area contributed by atoms with Crippen molar-refractivity contribution in [2.75, 3.05) is 0 Å². The van der Waals surface area contributed by atoms with Crippen molar-refractivity contribution in [2.24, 2.45) is 11.3 Å². The van der Waals surface area contributed by atoms with Gasteiger partial charge in [-0.1, -0.05) is 19.3 Å². The molecule has 2 heteroatoms. The molecule has 1 saturated heterocycles. The molecule has 0 amide bonds. The number of hydrogen-bond acceptors (Lipinski definition) is 2. The van der Waals surface area contributed by atoms with Crippen LogP contribution in [0.15, 0.2) is 0 Å². The molecular weight excluding hydrogens is 212 g/mol. The molecule has 1 heterocycles. The van der Waals surface area contributed by atoms with Crippen LogP contribution >= 0.6 is 0 Å². The van der Waals surface area contributed by atoms with Crippen molar-refractivity contribution in [1.82, 2.24) is 0 Å². The summed E-state index contributed by atoms with van der Waals surface area (Å²) in [5, 5.41) is 0. The van der Waals surface area contributed by atoms with E-state index < -0.39 is 0 Å². The molecule has 17 heavy (non-hydrogen) atoms. The van der Waals surface area contributed by atoms with E-state index in [4.69, 9.17) is 4.74 Å². The van der Waals surface area contributed by atoms with Crippen molar-refractivity contribution >= 4 is 5.78 Å². The smallest absolute Gasteiger partial charge is 0.144 e. The number of ether oxygens (including phenoxy) is 1. The van der Waals surface area contributed by atoms with Gasteiger partial charge in [0.2, 0.25) is 0 Å². The van der Waals surface area contributed by atoms with Gasteiger partial charge in [0.1, 0.15) is 5.78 Å². The zero-order chi connectivity index (χ0) is 12.1. The van der Waals surface area contributed by atoms with Crippen LogP contribution in [0.5, 0.6) is 0 Å². The molecule has 0 unspecified atom stereocenters. The van der Waals surface area contributed by atoms with E-state index in [1.54, 1.807) is 0 Å². The van der Waals surface area contributed by atoms with E-state index in [9.17, 15) is 4.79 Å². The van der Waals surface area contributed by atoms with Crippen molar-refractivity contribution in [3.05, 3.63) is 0 Å². The van der Waals surface area contributed by atoms with Crippen LogP contribution in [-0.2, 0) is 9.53 Å². The maximum Gasteiger partial charge on any atom is 0.144 e. The van der Waals surface area contributed by atoms with Crippen molar-refractivity contribution in [3.63, 3.8) is 0 Å². The van der Waals surface area contributed by atoms with Crippen LogP contribution in [-0.4, -0.2) is 17.5 Å².